The second-order valence-corrected chi connectivity index (χ2v) is 5.11. The van der Waals surface area contributed by atoms with Crippen molar-refractivity contribution >= 4 is 27.5 Å². The van der Waals surface area contributed by atoms with Crippen LogP contribution in [0.3, 0.4) is 0 Å². The van der Waals surface area contributed by atoms with Gasteiger partial charge < -0.3 is 11.1 Å². The van der Waals surface area contributed by atoms with Gasteiger partial charge in [0.2, 0.25) is 5.91 Å². The van der Waals surface area contributed by atoms with Gasteiger partial charge in [0.05, 0.1) is 0 Å². The average Bonchev–Trinajstić information content (AvgIpc) is 2.43. The van der Waals surface area contributed by atoms with Gasteiger partial charge in [-0.2, -0.15) is 0 Å². The molecule has 0 saturated carbocycles. The van der Waals surface area contributed by atoms with E-state index in [1.54, 1.807) is 24.3 Å². The van der Waals surface area contributed by atoms with E-state index >= 15 is 0 Å². The van der Waals surface area contributed by atoms with Gasteiger partial charge in [0, 0.05) is 10.2 Å². The predicted octanol–water partition coefficient (Wildman–Crippen LogP) is 3.50. The molecule has 2 rings (SSSR count). The van der Waals surface area contributed by atoms with Crippen LogP contribution >= 0.6 is 15.9 Å². The Kier molecular flexibility index (Phi) is 4.52. The fraction of sp³-hybridized carbons (Fsp3) is 0.0714. The summed E-state index contributed by atoms with van der Waals surface area (Å²) in [4.78, 5) is 11.5. The van der Waals surface area contributed by atoms with Crippen LogP contribution in [0, 0.1) is 17.5 Å². The van der Waals surface area contributed by atoms with Crippen LogP contribution in [0.1, 0.15) is 11.6 Å². The van der Waals surface area contributed by atoms with Crippen LogP contribution in [0.5, 0.6) is 0 Å². The minimum absolute atomic E-state index is 0.102. The lowest BCUT2D eigenvalue weighted by Gasteiger charge is -2.18. The van der Waals surface area contributed by atoms with Crippen molar-refractivity contribution in [2.45, 2.75) is 6.04 Å². The van der Waals surface area contributed by atoms with Gasteiger partial charge in [-0.25, -0.2) is 13.2 Å². The van der Waals surface area contributed by atoms with Crippen molar-refractivity contribution in [1.82, 2.24) is 0 Å². The third-order valence-corrected chi connectivity index (χ3v) is 3.49. The van der Waals surface area contributed by atoms with E-state index in [2.05, 4.69) is 21.2 Å². The molecule has 0 spiro atoms. The smallest absolute Gasteiger partial charge is 0.244 e. The van der Waals surface area contributed by atoms with E-state index in [1.165, 1.54) is 0 Å². The highest BCUT2D eigenvalue weighted by Crippen LogP contribution is 2.27. The predicted molar refractivity (Wildman–Crippen MR) is 76.0 cm³/mol. The van der Waals surface area contributed by atoms with Crippen molar-refractivity contribution in [3.63, 3.8) is 0 Å². The number of nitrogens with two attached hydrogens (primary N) is 1. The third kappa shape index (κ3) is 3.36. The monoisotopic (exact) mass is 358 g/mol. The van der Waals surface area contributed by atoms with Gasteiger partial charge in [-0.3, -0.25) is 4.79 Å². The summed E-state index contributed by atoms with van der Waals surface area (Å²) in [5.74, 6) is -5.21. The molecule has 110 valence electrons. The van der Waals surface area contributed by atoms with Gasteiger partial charge >= 0.3 is 0 Å². The van der Waals surface area contributed by atoms with Gasteiger partial charge in [-0.05, 0) is 45.8 Å². The summed E-state index contributed by atoms with van der Waals surface area (Å²) >= 11 is 3.26. The fourth-order valence-electron chi connectivity index (χ4n) is 1.79. The van der Waals surface area contributed by atoms with E-state index in [0.29, 0.717) is 10.2 Å². The first-order valence-electron chi connectivity index (χ1n) is 5.85. The average molecular weight is 359 g/mol. The van der Waals surface area contributed by atoms with Crippen molar-refractivity contribution in [2.24, 2.45) is 5.73 Å². The summed E-state index contributed by atoms with van der Waals surface area (Å²) in [5.41, 5.74) is 5.65. The Hall–Kier alpha value is -2.02. The highest BCUT2D eigenvalue weighted by molar-refractivity contribution is 9.10. The molecule has 1 atom stereocenters. The number of nitrogens with one attached hydrogen (secondary N) is 1. The first kappa shape index (κ1) is 15.4. The molecule has 0 aliphatic heterocycles. The Morgan fingerprint density at radius 2 is 1.71 bits per heavy atom. The van der Waals surface area contributed by atoms with Gasteiger partial charge in [0.1, 0.15) is 6.04 Å². The number of amides is 1. The van der Waals surface area contributed by atoms with Crippen LogP contribution in [-0.2, 0) is 4.79 Å². The maximum Gasteiger partial charge on any atom is 0.244 e. The zero-order valence-corrected chi connectivity index (χ0v) is 12.1. The minimum Gasteiger partial charge on any atom is -0.369 e. The summed E-state index contributed by atoms with van der Waals surface area (Å²) in [6.45, 7) is 0. The van der Waals surface area contributed by atoms with E-state index in [0.717, 1.165) is 12.1 Å². The van der Waals surface area contributed by atoms with Crippen LogP contribution in [0.25, 0.3) is 0 Å². The highest BCUT2D eigenvalue weighted by Gasteiger charge is 2.22. The van der Waals surface area contributed by atoms with E-state index < -0.39 is 29.4 Å². The lowest BCUT2D eigenvalue weighted by Crippen LogP contribution is -2.28. The normalized spacial score (nSPS) is 12.0. The molecule has 0 radical (unpaired) electrons. The molecule has 3 nitrogen and oxygen atoms in total. The second kappa shape index (κ2) is 6.17. The number of carbonyl (C=O) groups excluding carboxylic acids is 1. The molecule has 1 unspecified atom stereocenters. The van der Waals surface area contributed by atoms with Crippen molar-refractivity contribution < 1.29 is 18.0 Å². The van der Waals surface area contributed by atoms with Crippen LogP contribution in [-0.4, -0.2) is 5.91 Å². The topological polar surface area (TPSA) is 55.1 Å². The molecular formula is C14H10BrF3N2O. The molecule has 0 heterocycles. The number of hydrogen-bond donors (Lipinski definition) is 2. The van der Waals surface area contributed by atoms with Crippen molar-refractivity contribution in [3.05, 3.63) is 63.9 Å². The number of para-hydroxylation sites is 1. The zero-order chi connectivity index (χ0) is 15.6. The van der Waals surface area contributed by atoms with Crippen LogP contribution in [0.2, 0.25) is 0 Å². The van der Waals surface area contributed by atoms with Gasteiger partial charge in [-0.15, -0.1) is 0 Å². The minimum atomic E-state index is -1.59. The second-order valence-electron chi connectivity index (χ2n) is 4.26. The molecule has 0 bridgehead atoms. The number of rotatable bonds is 4. The quantitative estimate of drug-likeness (QED) is 0.821. The summed E-state index contributed by atoms with van der Waals surface area (Å²) < 4.78 is 40.2. The third-order valence-electron chi connectivity index (χ3n) is 2.80. The molecule has 0 fully saturated rings. The van der Waals surface area contributed by atoms with E-state index in [9.17, 15) is 18.0 Å². The maximum absolute atomic E-state index is 13.3. The van der Waals surface area contributed by atoms with E-state index in [1.807, 2.05) is 0 Å². The summed E-state index contributed by atoms with van der Waals surface area (Å²) in [6.07, 6.45) is 0. The molecule has 1 amide bonds. The number of anilines is 1. The molecule has 7 heteroatoms. The SMILES string of the molecule is NC(=O)C(Nc1ccccc1Br)c1cc(F)c(F)c(F)c1. The zero-order valence-electron chi connectivity index (χ0n) is 10.5. The number of benzene rings is 2. The number of hydrogen-bond acceptors (Lipinski definition) is 2. The fourth-order valence-corrected chi connectivity index (χ4v) is 2.19. The number of primary amides is 1. The maximum atomic E-state index is 13.3. The Morgan fingerprint density at radius 3 is 2.24 bits per heavy atom. The van der Waals surface area contributed by atoms with E-state index in [-0.39, 0.29) is 5.56 Å². The van der Waals surface area contributed by atoms with Crippen molar-refractivity contribution in [3.8, 4) is 0 Å². The first-order valence-corrected chi connectivity index (χ1v) is 6.64. The van der Waals surface area contributed by atoms with Gasteiger partial charge in [0.25, 0.3) is 0 Å². The van der Waals surface area contributed by atoms with Crippen molar-refractivity contribution in [2.75, 3.05) is 5.32 Å². The molecular weight excluding hydrogens is 349 g/mol. The Labute approximate surface area is 127 Å². The molecule has 2 aromatic carbocycles. The summed E-state index contributed by atoms with van der Waals surface area (Å²) in [6, 6.07) is 7.09. The molecule has 2 aromatic rings. The molecule has 0 saturated heterocycles. The van der Waals surface area contributed by atoms with E-state index in [4.69, 9.17) is 5.73 Å². The molecule has 0 aliphatic carbocycles. The van der Waals surface area contributed by atoms with Crippen LogP contribution in [0.4, 0.5) is 18.9 Å². The lowest BCUT2D eigenvalue weighted by atomic mass is 10.1. The summed E-state index contributed by atoms with van der Waals surface area (Å²) in [5, 5.41) is 2.76. The lowest BCUT2D eigenvalue weighted by molar-refractivity contribution is -0.118. The number of halogens is 4. The van der Waals surface area contributed by atoms with Crippen molar-refractivity contribution in [1.29, 1.82) is 0 Å². The first-order chi connectivity index (χ1) is 9.90. The van der Waals surface area contributed by atoms with Gasteiger partial charge in [-0.1, -0.05) is 12.1 Å². The molecule has 0 aliphatic rings. The molecule has 0 aromatic heterocycles. The summed E-state index contributed by atoms with van der Waals surface area (Å²) in [7, 11) is 0. The number of carbonyl (C=O) groups is 1. The van der Waals surface area contributed by atoms with Gasteiger partial charge in [0.15, 0.2) is 17.5 Å². The standard InChI is InChI=1S/C14H10BrF3N2O/c15-8-3-1-2-4-11(8)20-13(14(19)21)7-5-9(16)12(18)10(17)6-7/h1-6,13,20H,(H2,19,21). The van der Waals surface area contributed by atoms with Crippen LogP contribution < -0.4 is 11.1 Å². The Bertz CT molecular complexity index is 671. The Balaban J connectivity index is 2.41. The Morgan fingerprint density at radius 1 is 1.14 bits per heavy atom. The molecule has 21 heavy (non-hydrogen) atoms. The van der Waals surface area contributed by atoms with Crippen LogP contribution in [0.15, 0.2) is 40.9 Å². The molecule has 3 N–H and O–H groups in total. The largest absolute Gasteiger partial charge is 0.369 e. The highest BCUT2D eigenvalue weighted by atomic mass is 79.9.